The first kappa shape index (κ1) is 26.4. The number of aromatic nitrogens is 4. The summed E-state index contributed by atoms with van der Waals surface area (Å²) < 4.78 is 20.1. The Morgan fingerprint density at radius 2 is 1.93 bits per heavy atom. The van der Waals surface area contributed by atoms with E-state index in [2.05, 4.69) is 35.4 Å². The molecule has 6 rings (SSSR count). The van der Waals surface area contributed by atoms with E-state index < -0.39 is 5.82 Å². The molecule has 3 aliphatic rings. The number of likely N-dealkylation sites (tertiary alicyclic amines) is 1. The Kier molecular flexibility index (Phi) is 7.46. The minimum absolute atomic E-state index is 0.0442. The van der Waals surface area contributed by atoms with Crippen molar-refractivity contribution >= 4 is 23.2 Å². The van der Waals surface area contributed by atoms with Crippen LogP contribution < -0.4 is 20.3 Å². The largest absolute Gasteiger partial charge is 0.481 e. The van der Waals surface area contributed by atoms with Gasteiger partial charge in [0.1, 0.15) is 18.0 Å². The van der Waals surface area contributed by atoms with Crippen LogP contribution >= 0.6 is 0 Å². The van der Waals surface area contributed by atoms with E-state index in [9.17, 15) is 9.18 Å². The van der Waals surface area contributed by atoms with E-state index in [1.807, 2.05) is 19.1 Å². The van der Waals surface area contributed by atoms with Crippen molar-refractivity contribution in [2.45, 2.75) is 44.4 Å². The van der Waals surface area contributed by atoms with E-state index in [0.717, 1.165) is 74.9 Å². The normalized spacial score (nSPS) is 19.5. The van der Waals surface area contributed by atoms with Crippen molar-refractivity contribution in [2.75, 3.05) is 61.9 Å². The van der Waals surface area contributed by atoms with E-state index in [4.69, 9.17) is 9.72 Å². The molecule has 3 aromatic heterocycles. The molecule has 0 radical (unpaired) electrons. The molecule has 0 bridgehead atoms. The quantitative estimate of drug-likeness (QED) is 0.433. The molecule has 10 nitrogen and oxygen atoms in total. The molecular weight excluding hydrogens is 511 g/mol. The van der Waals surface area contributed by atoms with Gasteiger partial charge in [-0.05, 0) is 57.8 Å². The molecule has 1 atom stereocenters. The summed E-state index contributed by atoms with van der Waals surface area (Å²) in [5.41, 5.74) is 3.75. The van der Waals surface area contributed by atoms with Gasteiger partial charge in [-0.1, -0.05) is 0 Å². The second-order valence-corrected chi connectivity index (χ2v) is 10.7. The molecule has 210 valence electrons. The van der Waals surface area contributed by atoms with Crippen LogP contribution in [-0.2, 0) is 4.79 Å². The SMILES string of the molecule is COc1cc(-c2ccc(NCCN3CCCC3)c(C3CCN(c4ncnc5c4C(C)C(=O)N5)CC3)n2)c(F)cn1. The number of nitrogens with zero attached hydrogens (tertiary/aromatic N) is 6. The average Bonchev–Trinajstić information content (AvgIpc) is 3.61. The second kappa shape index (κ2) is 11.3. The number of piperidine rings is 1. The highest BCUT2D eigenvalue weighted by Crippen LogP contribution is 2.40. The summed E-state index contributed by atoms with van der Waals surface area (Å²) in [4.78, 5) is 34.8. The fraction of sp³-hybridized carbons (Fsp3) is 0.483. The van der Waals surface area contributed by atoms with Gasteiger partial charge in [-0.2, -0.15) is 0 Å². The predicted molar refractivity (Wildman–Crippen MR) is 151 cm³/mol. The van der Waals surface area contributed by atoms with Gasteiger partial charge in [-0.3, -0.25) is 9.78 Å². The van der Waals surface area contributed by atoms with Gasteiger partial charge in [-0.25, -0.2) is 19.3 Å². The molecule has 11 heteroatoms. The highest BCUT2D eigenvalue weighted by atomic mass is 19.1. The van der Waals surface area contributed by atoms with E-state index in [1.54, 1.807) is 6.07 Å². The Balaban J connectivity index is 1.25. The fourth-order valence-electron chi connectivity index (χ4n) is 6.03. The van der Waals surface area contributed by atoms with Crippen molar-refractivity contribution in [3.63, 3.8) is 0 Å². The molecule has 0 aromatic carbocycles. The van der Waals surface area contributed by atoms with Crippen LogP contribution in [0.3, 0.4) is 0 Å². The number of fused-ring (bicyclic) bond motifs is 1. The first-order chi connectivity index (χ1) is 19.5. The molecule has 1 unspecified atom stereocenters. The van der Waals surface area contributed by atoms with Crippen LogP contribution in [0.1, 0.15) is 55.7 Å². The van der Waals surface area contributed by atoms with Crippen molar-refractivity contribution in [1.82, 2.24) is 24.8 Å². The first-order valence-electron chi connectivity index (χ1n) is 14.1. The highest BCUT2D eigenvalue weighted by molar-refractivity contribution is 6.03. The number of nitrogens with one attached hydrogen (secondary N) is 2. The van der Waals surface area contributed by atoms with Crippen LogP contribution in [0, 0.1) is 5.82 Å². The minimum atomic E-state index is -0.432. The maximum absolute atomic E-state index is 14.8. The number of methoxy groups -OCH3 is 1. The van der Waals surface area contributed by atoms with Gasteiger partial charge in [0.2, 0.25) is 11.8 Å². The fourth-order valence-corrected chi connectivity index (χ4v) is 6.03. The molecule has 0 saturated carbocycles. The van der Waals surface area contributed by atoms with Gasteiger partial charge in [0.15, 0.2) is 5.82 Å². The van der Waals surface area contributed by atoms with Gasteiger partial charge in [0.25, 0.3) is 0 Å². The van der Waals surface area contributed by atoms with E-state index in [0.29, 0.717) is 23.0 Å². The van der Waals surface area contributed by atoms with E-state index >= 15 is 0 Å². The number of pyridine rings is 2. The highest BCUT2D eigenvalue weighted by Gasteiger charge is 2.34. The molecule has 3 aromatic rings. The number of amides is 1. The third-order valence-corrected chi connectivity index (χ3v) is 8.29. The van der Waals surface area contributed by atoms with Gasteiger partial charge >= 0.3 is 0 Å². The van der Waals surface area contributed by atoms with Gasteiger partial charge in [0, 0.05) is 49.3 Å². The van der Waals surface area contributed by atoms with Gasteiger partial charge < -0.3 is 25.2 Å². The lowest BCUT2D eigenvalue weighted by molar-refractivity contribution is -0.116. The summed E-state index contributed by atoms with van der Waals surface area (Å²) in [6, 6.07) is 5.48. The summed E-state index contributed by atoms with van der Waals surface area (Å²) in [5, 5.41) is 6.49. The second-order valence-electron chi connectivity index (χ2n) is 10.7. The first-order valence-corrected chi connectivity index (χ1v) is 14.1. The lowest BCUT2D eigenvalue weighted by atomic mass is 9.91. The molecule has 6 heterocycles. The standard InChI is InChI=1S/C29H35FN8O2/c1-18-25-27(36-29(18)39)33-17-34-28(25)38-12-7-19(8-13-38)26-23(31-9-14-37-10-3-4-11-37)6-5-22(35-26)20-15-24(40-2)32-16-21(20)30/h5-6,15-19,31H,3-4,7-14H2,1-2H3,(H,33,34,36,39). The summed E-state index contributed by atoms with van der Waals surface area (Å²) in [5.74, 6) is 1.21. The Labute approximate surface area is 233 Å². The zero-order valence-corrected chi connectivity index (χ0v) is 23.0. The van der Waals surface area contributed by atoms with Crippen LogP contribution in [0.15, 0.2) is 30.7 Å². The topological polar surface area (TPSA) is 108 Å². The molecule has 2 saturated heterocycles. The van der Waals surface area contributed by atoms with E-state index in [1.165, 1.54) is 32.5 Å². The summed E-state index contributed by atoms with van der Waals surface area (Å²) in [6.07, 6.45) is 6.93. The van der Waals surface area contributed by atoms with Crippen molar-refractivity contribution in [3.8, 4) is 17.1 Å². The molecule has 40 heavy (non-hydrogen) atoms. The molecule has 1 amide bonds. The third kappa shape index (κ3) is 5.17. The molecule has 2 N–H and O–H groups in total. The van der Waals surface area contributed by atoms with Gasteiger partial charge in [-0.15, -0.1) is 0 Å². The number of hydrogen-bond donors (Lipinski definition) is 2. The zero-order valence-electron chi connectivity index (χ0n) is 23.0. The van der Waals surface area contributed by atoms with Crippen molar-refractivity contribution in [3.05, 3.63) is 47.8 Å². The van der Waals surface area contributed by atoms with Crippen molar-refractivity contribution < 1.29 is 13.9 Å². The number of anilines is 3. The van der Waals surface area contributed by atoms with E-state index in [-0.39, 0.29) is 17.7 Å². The Bertz CT molecular complexity index is 1390. The Morgan fingerprint density at radius 3 is 2.70 bits per heavy atom. The van der Waals surface area contributed by atoms with Crippen molar-refractivity contribution in [1.29, 1.82) is 0 Å². The predicted octanol–water partition coefficient (Wildman–Crippen LogP) is 4.03. The number of halogens is 1. The smallest absolute Gasteiger partial charge is 0.233 e. The van der Waals surface area contributed by atoms with Gasteiger partial charge in [0.05, 0.1) is 36.3 Å². The number of hydrogen-bond acceptors (Lipinski definition) is 9. The monoisotopic (exact) mass is 546 g/mol. The van der Waals surface area contributed by atoms with Crippen molar-refractivity contribution in [2.24, 2.45) is 0 Å². The number of rotatable bonds is 8. The maximum atomic E-state index is 14.8. The summed E-state index contributed by atoms with van der Waals surface area (Å²) in [6.45, 7) is 7.55. The maximum Gasteiger partial charge on any atom is 0.233 e. The average molecular weight is 547 g/mol. The summed E-state index contributed by atoms with van der Waals surface area (Å²) >= 11 is 0. The lowest BCUT2D eigenvalue weighted by Gasteiger charge is -2.34. The van der Waals surface area contributed by atoms with Crippen LogP contribution in [0.4, 0.5) is 21.7 Å². The van der Waals surface area contributed by atoms with Crippen LogP contribution in [0.2, 0.25) is 0 Å². The molecule has 0 aliphatic carbocycles. The number of ether oxygens (including phenoxy) is 1. The molecule has 0 spiro atoms. The summed E-state index contributed by atoms with van der Waals surface area (Å²) in [7, 11) is 1.52. The number of carbonyl (C=O) groups is 1. The Morgan fingerprint density at radius 1 is 1.12 bits per heavy atom. The molecule has 3 aliphatic heterocycles. The van der Waals surface area contributed by atoms with Crippen LogP contribution in [0.5, 0.6) is 5.88 Å². The third-order valence-electron chi connectivity index (χ3n) is 8.29. The molecule has 2 fully saturated rings. The molecular formula is C29H35FN8O2. The minimum Gasteiger partial charge on any atom is -0.481 e. The van der Waals surface area contributed by atoms with Crippen LogP contribution in [0.25, 0.3) is 11.3 Å². The lowest BCUT2D eigenvalue weighted by Crippen LogP contribution is -2.35. The zero-order chi connectivity index (χ0) is 27.6. The Hall–Kier alpha value is -3.86. The van der Waals surface area contributed by atoms with Crippen LogP contribution in [-0.4, -0.2) is 77.1 Å². The number of carbonyl (C=O) groups excluding carboxylic acids is 1.